The molecule has 35 heavy (non-hydrogen) atoms. The van der Waals surface area contributed by atoms with E-state index >= 15 is 0 Å². The fourth-order valence-corrected chi connectivity index (χ4v) is 4.73. The van der Waals surface area contributed by atoms with Crippen LogP contribution in [0.25, 0.3) is 6.08 Å². The number of benzene rings is 2. The van der Waals surface area contributed by atoms with Gasteiger partial charge in [-0.3, -0.25) is 14.4 Å². The second-order valence-corrected chi connectivity index (χ2v) is 9.28. The van der Waals surface area contributed by atoms with E-state index in [9.17, 15) is 4.79 Å². The Morgan fingerprint density at radius 3 is 2.57 bits per heavy atom. The van der Waals surface area contributed by atoms with Crippen molar-refractivity contribution in [2.75, 3.05) is 7.11 Å². The fourth-order valence-electron chi connectivity index (χ4n) is 3.54. The monoisotopic (exact) mass is 550 g/mol. The van der Waals surface area contributed by atoms with E-state index in [0.717, 1.165) is 23.2 Å². The molecule has 0 atom stereocenters. The molecule has 2 heterocycles. The molecule has 1 aliphatic heterocycles. The summed E-state index contributed by atoms with van der Waals surface area (Å²) in [5, 5.41) is 8.61. The molecule has 1 amide bonds. The van der Waals surface area contributed by atoms with E-state index in [0.29, 0.717) is 43.9 Å². The van der Waals surface area contributed by atoms with Gasteiger partial charge in [0.25, 0.3) is 5.91 Å². The molecule has 0 aliphatic carbocycles. The van der Waals surface area contributed by atoms with Crippen molar-refractivity contribution in [1.29, 1.82) is 0 Å². The molecule has 1 aromatic heterocycles. The lowest BCUT2D eigenvalue weighted by atomic mass is 10.1. The second kappa shape index (κ2) is 10.9. The molecule has 1 aliphatic rings. The summed E-state index contributed by atoms with van der Waals surface area (Å²) in [6.45, 7) is 3.22. The number of aromatic nitrogens is 2. The maximum absolute atomic E-state index is 13.0. The van der Waals surface area contributed by atoms with Crippen molar-refractivity contribution in [3.63, 3.8) is 0 Å². The zero-order valence-electron chi connectivity index (χ0n) is 18.8. The third-order valence-electron chi connectivity index (χ3n) is 5.26. The Morgan fingerprint density at radius 2 is 1.91 bits per heavy atom. The number of carbonyl (C=O) groups excluding carboxylic acids is 1. The van der Waals surface area contributed by atoms with Gasteiger partial charge in [-0.1, -0.05) is 40.9 Å². The number of halogens is 3. The number of hydrogen-bond acceptors (Lipinski definition) is 5. The highest BCUT2D eigenvalue weighted by molar-refractivity contribution is 7.80. The average molecular weight is 552 g/mol. The van der Waals surface area contributed by atoms with Crippen LogP contribution in [0.1, 0.15) is 23.6 Å². The van der Waals surface area contributed by atoms with E-state index < -0.39 is 0 Å². The van der Waals surface area contributed by atoms with Crippen molar-refractivity contribution in [3.05, 3.63) is 80.2 Å². The van der Waals surface area contributed by atoms with Crippen molar-refractivity contribution in [2.45, 2.75) is 26.6 Å². The Labute approximate surface area is 223 Å². The number of nitrogens with one attached hydrogen (secondary N) is 1. The Bertz CT molecular complexity index is 1300. The van der Waals surface area contributed by atoms with Gasteiger partial charge in [-0.25, -0.2) is 0 Å². The van der Waals surface area contributed by atoms with Gasteiger partial charge >= 0.3 is 0 Å². The van der Waals surface area contributed by atoms with Crippen molar-refractivity contribution in [1.82, 2.24) is 20.0 Å². The zero-order valence-corrected chi connectivity index (χ0v) is 21.9. The summed E-state index contributed by atoms with van der Waals surface area (Å²) in [7, 11) is 1.57. The molecule has 182 valence electrons. The molecule has 1 fully saturated rings. The summed E-state index contributed by atoms with van der Waals surface area (Å²) >= 11 is 23.8. The third kappa shape index (κ3) is 5.73. The number of ether oxygens (including phenoxy) is 2. The first kappa shape index (κ1) is 25.3. The number of nitrogens with zero attached hydrogens (tertiary/aromatic N) is 3. The topological polar surface area (TPSA) is 68.6 Å². The fraction of sp³-hybridized carbons (Fsp3) is 0.208. The highest BCUT2D eigenvalue weighted by Crippen LogP contribution is 2.37. The molecular formula is C24H21Cl3N4O3S. The van der Waals surface area contributed by atoms with Gasteiger partial charge in [-0.15, -0.1) is 0 Å². The Kier molecular flexibility index (Phi) is 7.86. The Hall–Kier alpha value is -2.78. The van der Waals surface area contributed by atoms with Gasteiger partial charge in [-0.05, 0) is 55.0 Å². The van der Waals surface area contributed by atoms with Crippen LogP contribution in [0.5, 0.6) is 11.5 Å². The first-order valence-electron chi connectivity index (χ1n) is 10.6. The smallest absolute Gasteiger partial charge is 0.276 e. The maximum Gasteiger partial charge on any atom is 0.276 e. The van der Waals surface area contributed by atoms with E-state index in [4.69, 9.17) is 56.5 Å². The quantitative estimate of drug-likeness (QED) is 0.286. The van der Waals surface area contributed by atoms with Gasteiger partial charge in [-0.2, -0.15) is 5.10 Å². The van der Waals surface area contributed by atoms with Crippen LogP contribution in [0.4, 0.5) is 0 Å². The number of rotatable bonds is 8. The molecule has 0 saturated carbocycles. The molecule has 0 bridgehead atoms. The average Bonchev–Trinajstić information content (AvgIpc) is 3.38. The van der Waals surface area contributed by atoms with Gasteiger partial charge in [0.2, 0.25) is 0 Å². The van der Waals surface area contributed by atoms with Gasteiger partial charge < -0.3 is 14.8 Å². The van der Waals surface area contributed by atoms with Gasteiger partial charge in [0, 0.05) is 28.9 Å². The largest absolute Gasteiger partial charge is 0.496 e. The minimum Gasteiger partial charge on any atom is -0.496 e. The van der Waals surface area contributed by atoms with Crippen LogP contribution in [0.2, 0.25) is 15.1 Å². The summed E-state index contributed by atoms with van der Waals surface area (Å²) in [6, 6.07) is 8.60. The molecule has 1 saturated heterocycles. The van der Waals surface area contributed by atoms with Gasteiger partial charge in [0.1, 0.15) is 18.1 Å². The van der Waals surface area contributed by atoms with Gasteiger partial charge in [0.05, 0.1) is 29.9 Å². The Morgan fingerprint density at radius 1 is 1.17 bits per heavy atom. The van der Waals surface area contributed by atoms with Crippen LogP contribution in [0.15, 0.2) is 48.4 Å². The lowest BCUT2D eigenvalue weighted by Gasteiger charge is -2.13. The van der Waals surface area contributed by atoms with E-state index in [1.165, 1.54) is 4.90 Å². The number of methoxy groups -OCH3 is 1. The predicted octanol–water partition coefficient (Wildman–Crippen LogP) is 5.71. The molecule has 0 unspecified atom stereocenters. The summed E-state index contributed by atoms with van der Waals surface area (Å²) in [5.74, 6) is 0.723. The van der Waals surface area contributed by atoms with Gasteiger partial charge in [0.15, 0.2) is 10.9 Å². The molecule has 0 spiro atoms. The molecule has 7 nitrogen and oxygen atoms in total. The molecule has 11 heteroatoms. The molecule has 3 aromatic rings. The number of amides is 1. The lowest BCUT2D eigenvalue weighted by Crippen LogP contribution is -2.29. The third-order valence-corrected chi connectivity index (χ3v) is 6.37. The van der Waals surface area contributed by atoms with Crippen molar-refractivity contribution < 1.29 is 14.3 Å². The van der Waals surface area contributed by atoms with Crippen molar-refractivity contribution in [3.8, 4) is 11.5 Å². The normalized spacial score (nSPS) is 14.5. The maximum atomic E-state index is 13.0. The number of aryl methyl sites for hydroxylation is 1. The number of hydrogen-bond donors (Lipinski definition) is 1. The SMILES string of the molecule is CCn1cc(CN2C(=O)/C(=C\c3ccc(OC)c(COc4c(Cl)cc(Cl)cc4Cl)c3)NC2=S)cn1. The van der Waals surface area contributed by atoms with Crippen LogP contribution in [0, 0.1) is 0 Å². The van der Waals surface area contributed by atoms with Crippen LogP contribution in [0.3, 0.4) is 0 Å². The lowest BCUT2D eigenvalue weighted by molar-refractivity contribution is -0.122. The summed E-state index contributed by atoms with van der Waals surface area (Å²) in [5.41, 5.74) is 2.77. The van der Waals surface area contributed by atoms with E-state index in [1.54, 1.807) is 42.3 Å². The standard InChI is InChI=1S/C24H21Cl3N4O3S/c1-3-30-11-15(10-28-30)12-31-23(32)20(29-24(31)35)7-14-4-5-21(33-2)16(6-14)13-34-22-18(26)8-17(25)9-19(22)27/h4-11H,3,12-13H2,1-2H3,(H,29,35)/b20-7+. The molecule has 2 aromatic carbocycles. The van der Waals surface area contributed by atoms with Crippen LogP contribution >= 0.6 is 47.0 Å². The highest BCUT2D eigenvalue weighted by atomic mass is 35.5. The summed E-state index contributed by atoms with van der Waals surface area (Å²) < 4.78 is 13.1. The summed E-state index contributed by atoms with van der Waals surface area (Å²) in [6.07, 6.45) is 5.36. The van der Waals surface area contributed by atoms with Crippen molar-refractivity contribution in [2.24, 2.45) is 0 Å². The first-order valence-corrected chi connectivity index (χ1v) is 12.1. The number of carbonyl (C=O) groups is 1. The predicted molar refractivity (Wildman–Crippen MR) is 141 cm³/mol. The van der Waals surface area contributed by atoms with E-state index in [-0.39, 0.29) is 12.5 Å². The molecule has 0 radical (unpaired) electrons. The number of thiocarbonyl (C=S) groups is 1. The summed E-state index contributed by atoms with van der Waals surface area (Å²) in [4.78, 5) is 14.5. The minimum atomic E-state index is -0.215. The van der Waals surface area contributed by atoms with Crippen molar-refractivity contribution >= 4 is 64.1 Å². The Balaban J connectivity index is 1.53. The first-order chi connectivity index (χ1) is 16.8. The zero-order chi connectivity index (χ0) is 25.1. The van der Waals surface area contributed by atoms with Crippen LogP contribution in [-0.2, 0) is 24.5 Å². The van der Waals surface area contributed by atoms with E-state index in [1.807, 2.05) is 25.3 Å². The molecule has 1 N–H and O–H groups in total. The van der Waals surface area contributed by atoms with E-state index in [2.05, 4.69) is 10.4 Å². The molecular weight excluding hydrogens is 531 g/mol. The minimum absolute atomic E-state index is 0.134. The second-order valence-electron chi connectivity index (χ2n) is 7.64. The highest BCUT2D eigenvalue weighted by Gasteiger charge is 2.31. The van der Waals surface area contributed by atoms with Crippen LogP contribution in [-0.4, -0.2) is 32.8 Å². The van der Waals surface area contributed by atoms with Crippen LogP contribution < -0.4 is 14.8 Å². The molecule has 4 rings (SSSR count).